The molecule has 0 spiro atoms. The average molecular weight is 221 g/mol. The van der Waals surface area contributed by atoms with Crippen LogP contribution in [0.1, 0.15) is 6.42 Å². The van der Waals surface area contributed by atoms with E-state index in [4.69, 9.17) is 5.26 Å². The van der Waals surface area contributed by atoms with Crippen molar-refractivity contribution >= 4 is 33.3 Å². The van der Waals surface area contributed by atoms with Crippen molar-refractivity contribution in [1.82, 2.24) is 9.97 Å². The Morgan fingerprint density at radius 3 is 3.29 bits per heavy atom. The third-order valence-corrected chi connectivity index (χ3v) is 3.51. The summed E-state index contributed by atoms with van der Waals surface area (Å²) in [6.45, 7) is 0. The first kappa shape index (κ1) is 9.44. The highest BCUT2D eigenvalue weighted by atomic mass is 32.2. The summed E-state index contributed by atoms with van der Waals surface area (Å²) in [5, 5.41) is 12.5. The van der Waals surface area contributed by atoms with E-state index in [1.165, 1.54) is 0 Å². The normalized spacial score (nSPS) is 10.2. The van der Waals surface area contributed by atoms with Gasteiger partial charge in [-0.1, -0.05) is 0 Å². The number of nitriles is 1. The van der Waals surface area contributed by atoms with Crippen LogP contribution in [0.3, 0.4) is 0 Å². The van der Waals surface area contributed by atoms with Crippen molar-refractivity contribution in [1.29, 1.82) is 5.26 Å². The molecule has 0 radical (unpaired) electrons. The van der Waals surface area contributed by atoms with E-state index in [1.807, 2.05) is 11.4 Å². The predicted octanol–water partition coefficient (Wildman–Crippen LogP) is 2.70. The second-order valence-corrected chi connectivity index (χ2v) is 4.55. The monoisotopic (exact) mass is 221 g/mol. The van der Waals surface area contributed by atoms with E-state index in [0.717, 1.165) is 21.0 Å². The lowest BCUT2D eigenvalue weighted by Crippen LogP contribution is -1.84. The summed E-state index contributed by atoms with van der Waals surface area (Å²) in [5.41, 5.74) is 0. The lowest BCUT2D eigenvalue weighted by molar-refractivity contribution is 1.10. The molecule has 2 aromatic rings. The van der Waals surface area contributed by atoms with Gasteiger partial charge in [-0.2, -0.15) is 5.26 Å². The molecule has 2 rings (SSSR count). The smallest absolute Gasteiger partial charge is 0.127 e. The quantitative estimate of drug-likeness (QED) is 0.454. The molecule has 0 aromatic carbocycles. The molecule has 3 nitrogen and oxygen atoms in total. The molecule has 0 atom stereocenters. The Labute approximate surface area is 89.8 Å². The number of hydrogen-bond donors (Lipinski definition) is 0. The fourth-order valence-electron chi connectivity index (χ4n) is 1.08. The molecule has 0 aliphatic rings. The summed E-state index contributed by atoms with van der Waals surface area (Å²) in [7, 11) is 0. The standard InChI is InChI=1S/C9H7N3S2/c10-3-1-4-13-8-7-2-5-14-9(7)12-6-11-8/h2,5-6H,1,4H2. The van der Waals surface area contributed by atoms with Crippen LogP contribution in [-0.4, -0.2) is 15.7 Å². The van der Waals surface area contributed by atoms with Crippen LogP contribution in [0.5, 0.6) is 0 Å². The molecule has 0 fully saturated rings. The molecule has 0 unspecified atom stereocenters. The highest BCUT2D eigenvalue weighted by Gasteiger charge is 2.04. The molecule has 2 aromatic heterocycles. The number of thioether (sulfide) groups is 1. The van der Waals surface area contributed by atoms with Crippen LogP contribution in [-0.2, 0) is 0 Å². The van der Waals surface area contributed by atoms with Crippen LogP contribution in [0.15, 0.2) is 22.8 Å². The summed E-state index contributed by atoms with van der Waals surface area (Å²) in [6.07, 6.45) is 2.13. The average Bonchev–Trinajstić information content (AvgIpc) is 2.67. The van der Waals surface area contributed by atoms with Gasteiger partial charge in [-0.3, -0.25) is 0 Å². The van der Waals surface area contributed by atoms with Crippen LogP contribution >= 0.6 is 23.1 Å². The molecule has 2 heterocycles. The van der Waals surface area contributed by atoms with Crippen molar-refractivity contribution in [2.75, 3.05) is 5.75 Å². The van der Waals surface area contributed by atoms with Crippen molar-refractivity contribution in [3.63, 3.8) is 0 Å². The first-order valence-electron chi connectivity index (χ1n) is 4.10. The Bertz CT molecular complexity index is 472. The second-order valence-electron chi connectivity index (χ2n) is 2.57. The molecule has 0 bridgehead atoms. The van der Waals surface area contributed by atoms with Crippen LogP contribution in [0.25, 0.3) is 10.2 Å². The molecule has 5 heteroatoms. The molecule has 0 aliphatic carbocycles. The lowest BCUT2D eigenvalue weighted by atomic mass is 10.4. The summed E-state index contributed by atoms with van der Waals surface area (Å²) in [4.78, 5) is 9.37. The second kappa shape index (κ2) is 4.40. The minimum absolute atomic E-state index is 0.556. The van der Waals surface area contributed by atoms with Gasteiger partial charge in [-0.25, -0.2) is 9.97 Å². The largest absolute Gasteiger partial charge is 0.229 e. The van der Waals surface area contributed by atoms with Gasteiger partial charge in [0.25, 0.3) is 0 Å². The topological polar surface area (TPSA) is 49.6 Å². The molecule has 70 valence electrons. The van der Waals surface area contributed by atoms with Gasteiger partial charge < -0.3 is 0 Å². The zero-order chi connectivity index (χ0) is 9.80. The summed E-state index contributed by atoms with van der Waals surface area (Å²) >= 11 is 3.22. The number of thiophene rings is 1. The SMILES string of the molecule is N#CCCSc1ncnc2sccc12. The van der Waals surface area contributed by atoms with Crippen LogP contribution < -0.4 is 0 Å². The molecule has 0 saturated carbocycles. The van der Waals surface area contributed by atoms with E-state index in [9.17, 15) is 0 Å². The highest BCUT2D eigenvalue weighted by molar-refractivity contribution is 7.99. The zero-order valence-corrected chi connectivity index (χ0v) is 8.94. The zero-order valence-electron chi connectivity index (χ0n) is 7.30. The van der Waals surface area contributed by atoms with E-state index >= 15 is 0 Å². The molecule has 14 heavy (non-hydrogen) atoms. The lowest BCUT2D eigenvalue weighted by Gasteiger charge is -1.98. The molecule has 0 aliphatic heterocycles. The van der Waals surface area contributed by atoms with E-state index in [1.54, 1.807) is 29.4 Å². The fourth-order valence-corrected chi connectivity index (χ4v) is 2.70. The number of aromatic nitrogens is 2. The Hall–Kier alpha value is -1.12. The van der Waals surface area contributed by atoms with Crippen molar-refractivity contribution < 1.29 is 0 Å². The van der Waals surface area contributed by atoms with Gasteiger partial charge in [-0.15, -0.1) is 23.1 Å². The van der Waals surface area contributed by atoms with Crippen molar-refractivity contribution in [2.24, 2.45) is 0 Å². The Balaban J connectivity index is 2.24. The van der Waals surface area contributed by atoms with Gasteiger partial charge in [0, 0.05) is 17.6 Å². The number of rotatable bonds is 3. The maximum Gasteiger partial charge on any atom is 0.127 e. The van der Waals surface area contributed by atoms with Crippen molar-refractivity contribution in [3.8, 4) is 6.07 Å². The van der Waals surface area contributed by atoms with Crippen molar-refractivity contribution in [2.45, 2.75) is 11.4 Å². The third kappa shape index (κ3) is 1.86. The molecule has 0 saturated heterocycles. The van der Waals surface area contributed by atoms with Gasteiger partial charge >= 0.3 is 0 Å². The van der Waals surface area contributed by atoms with Crippen LogP contribution in [0.2, 0.25) is 0 Å². The highest BCUT2D eigenvalue weighted by Crippen LogP contribution is 2.27. The van der Waals surface area contributed by atoms with E-state index < -0.39 is 0 Å². The summed E-state index contributed by atoms with van der Waals surface area (Å²) in [5.74, 6) is 0.790. The first-order chi connectivity index (χ1) is 6.92. The molecule has 0 amide bonds. The summed E-state index contributed by atoms with van der Waals surface area (Å²) < 4.78 is 0. The number of hydrogen-bond acceptors (Lipinski definition) is 5. The van der Waals surface area contributed by atoms with Gasteiger partial charge in [-0.05, 0) is 11.4 Å². The summed E-state index contributed by atoms with van der Waals surface area (Å²) in [6, 6.07) is 4.14. The van der Waals surface area contributed by atoms with E-state index in [-0.39, 0.29) is 0 Å². The van der Waals surface area contributed by atoms with Crippen LogP contribution in [0, 0.1) is 11.3 Å². The van der Waals surface area contributed by atoms with E-state index in [2.05, 4.69) is 16.0 Å². The van der Waals surface area contributed by atoms with Gasteiger partial charge in [0.15, 0.2) is 0 Å². The Morgan fingerprint density at radius 2 is 2.43 bits per heavy atom. The van der Waals surface area contributed by atoms with Gasteiger partial charge in [0.2, 0.25) is 0 Å². The molecule has 0 N–H and O–H groups in total. The van der Waals surface area contributed by atoms with E-state index in [0.29, 0.717) is 6.42 Å². The number of fused-ring (bicyclic) bond motifs is 1. The van der Waals surface area contributed by atoms with Gasteiger partial charge in [0.05, 0.1) is 6.07 Å². The molecular weight excluding hydrogens is 214 g/mol. The number of nitrogens with zero attached hydrogens (tertiary/aromatic N) is 3. The van der Waals surface area contributed by atoms with Crippen LogP contribution in [0.4, 0.5) is 0 Å². The molecular formula is C9H7N3S2. The van der Waals surface area contributed by atoms with Crippen molar-refractivity contribution in [3.05, 3.63) is 17.8 Å². The Kier molecular flexibility index (Phi) is 2.96. The first-order valence-corrected chi connectivity index (χ1v) is 5.96. The minimum atomic E-state index is 0.556. The maximum absolute atomic E-state index is 8.42. The minimum Gasteiger partial charge on any atom is -0.229 e. The third-order valence-electron chi connectivity index (χ3n) is 1.68. The fraction of sp³-hybridized carbons (Fsp3) is 0.222. The predicted molar refractivity (Wildman–Crippen MR) is 58.4 cm³/mol. The maximum atomic E-state index is 8.42. The van der Waals surface area contributed by atoms with Gasteiger partial charge in [0.1, 0.15) is 16.2 Å². The Morgan fingerprint density at radius 1 is 1.50 bits per heavy atom.